The maximum atomic E-state index is 15.3. The van der Waals surface area contributed by atoms with Crippen LogP contribution < -0.4 is 10.0 Å². The lowest BCUT2D eigenvalue weighted by atomic mass is 9.96. The molecular formula is C30H26ClFN4O3S. The van der Waals surface area contributed by atoms with Crippen molar-refractivity contribution in [1.82, 2.24) is 19.6 Å². The van der Waals surface area contributed by atoms with Crippen molar-refractivity contribution in [2.75, 3.05) is 0 Å². The molecule has 2 aromatic carbocycles. The highest BCUT2D eigenvalue weighted by atomic mass is 35.5. The van der Waals surface area contributed by atoms with E-state index in [0.29, 0.717) is 63.6 Å². The molecule has 0 spiro atoms. The average Bonchev–Trinajstić information content (AvgIpc) is 3.74. The van der Waals surface area contributed by atoms with Crippen molar-refractivity contribution in [2.24, 2.45) is 0 Å². The van der Waals surface area contributed by atoms with Crippen LogP contribution in [0.2, 0.25) is 5.15 Å². The van der Waals surface area contributed by atoms with E-state index in [4.69, 9.17) is 11.6 Å². The Balaban J connectivity index is 1.64. The van der Waals surface area contributed by atoms with Crippen molar-refractivity contribution < 1.29 is 17.6 Å². The molecule has 0 bridgehead atoms. The molecular weight excluding hydrogens is 551 g/mol. The van der Waals surface area contributed by atoms with Crippen molar-refractivity contribution in [3.8, 4) is 0 Å². The molecule has 0 atom stereocenters. The lowest BCUT2D eigenvalue weighted by Gasteiger charge is -2.17. The van der Waals surface area contributed by atoms with Crippen molar-refractivity contribution in [3.63, 3.8) is 0 Å². The number of carbonyl (C=O) groups excluding carboxylic acids is 1. The molecule has 0 unspecified atom stereocenters. The fourth-order valence-corrected chi connectivity index (χ4v) is 6.60. The molecule has 0 radical (unpaired) electrons. The third-order valence-corrected chi connectivity index (χ3v) is 9.46. The number of nitrogens with one attached hydrogen (secondary N) is 2. The smallest absolute Gasteiger partial charge is 0.282 e. The summed E-state index contributed by atoms with van der Waals surface area (Å²) in [4.78, 5) is 18.4. The van der Waals surface area contributed by atoms with Crippen LogP contribution in [0.5, 0.6) is 0 Å². The number of fused-ring (bicyclic) bond motifs is 2. The largest absolute Gasteiger partial charge is 0.362 e. The molecule has 1 aliphatic heterocycles. The minimum absolute atomic E-state index is 0.0489. The number of sulfonamides is 1. The Morgan fingerprint density at radius 3 is 2.73 bits per heavy atom. The third kappa shape index (κ3) is 4.59. The van der Waals surface area contributed by atoms with E-state index < -0.39 is 27.0 Å². The second kappa shape index (κ2) is 9.91. The summed E-state index contributed by atoms with van der Waals surface area (Å²) in [6, 6.07) is 12.5. The minimum Gasteiger partial charge on any atom is -0.362 e. The highest BCUT2D eigenvalue weighted by molar-refractivity contribution is 7.91. The van der Waals surface area contributed by atoms with Gasteiger partial charge in [-0.25, -0.2) is 22.5 Å². The number of hydrogen-bond donors (Lipinski definition) is 2. The minimum atomic E-state index is -3.88. The first-order valence-corrected chi connectivity index (χ1v) is 14.9. The molecule has 7 nitrogen and oxygen atoms in total. The Hall–Kier alpha value is -3.95. The Labute approximate surface area is 236 Å². The molecule has 204 valence electrons. The van der Waals surface area contributed by atoms with Gasteiger partial charge in [0.1, 0.15) is 16.7 Å². The van der Waals surface area contributed by atoms with Gasteiger partial charge in [-0.3, -0.25) is 4.79 Å². The number of aryl methyl sites for hydroxylation is 1. The fourth-order valence-electron chi connectivity index (χ4n) is 5.12. The zero-order valence-corrected chi connectivity index (χ0v) is 23.2. The molecule has 1 fully saturated rings. The van der Waals surface area contributed by atoms with Crippen LogP contribution in [0.3, 0.4) is 0 Å². The first kappa shape index (κ1) is 26.3. The first-order chi connectivity index (χ1) is 19.2. The van der Waals surface area contributed by atoms with Gasteiger partial charge in [-0.15, -0.1) is 0 Å². The predicted molar refractivity (Wildman–Crippen MR) is 156 cm³/mol. The molecule has 2 aliphatic rings. The molecule has 4 aromatic rings. The van der Waals surface area contributed by atoms with Gasteiger partial charge in [-0.05, 0) is 55.2 Å². The SMILES string of the molecule is C=C1NC=CC=C1c1c(C(=O)NS(=O)(=O)C2CC2)n(Cc2cc3ccccc3nc2Cl)c2cc(F)c(CC)cc12. The molecule has 2 aromatic heterocycles. The lowest BCUT2D eigenvalue weighted by molar-refractivity contribution is 0.0973. The van der Waals surface area contributed by atoms with Crippen molar-refractivity contribution in [1.29, 1.82) is 0 Å². The number of halogens is 2. The number of allylic oxidation sites excluding steroid dienone is 3. The first-order valence-electron chi connectivity index (χ1n) is 13.0. The molecule has 6 rings (SSSR count). The number of pyridine rings is 1. The lowest BCUT2D eigenvalue weighted by Crippen LogP contribution is -2.35. The Morgan fingerprint density at radius 2 is 2.00 bits per heavy atom. The van der Waals surface area contributed by atoms with Gasteiger partial charge in [0, 0.05) is 39.4 Å². The van der Waals surface area contributed by atoms with Crippen LogP contribution in [0.25, 0.3) is 27.4 Å². The van der Waals surface area contributed by atoms with Crippen LogP contribution in [-0.2, 0) is 23.0 Å². The summed E-state index contributed by atoms with van der Waals surface area (Å²) >= 11 is 6.61. The number of benzene rings is 2. The maximum absolute atomic E-state index is 15.3. The van der Waals surface area contributed by atoms with E-state index in [0.717, 1.165) is 5.39 Å². The predicted octanol–water partition coefficient (Wildman–Crippen LogP) is 5.83. The number of rotatable bonds is 7. The van der Waals surface area contributed by atoms with Crippen LogP contribution in [0.15, 0.2) is 73.1 Å². The Morgan fingerprint density at radius 1 is 1.23 bits per heavy atom. The highest BCUT2D eigenvalue weighted by Crippen LogP contribution is 2.38. The van der Waals surface area contributed by atoms with Crippen LogP contribution in [-0.4, -0.2) is 29.1 Å². The Bertz CT molecular complexity index is 1910. The van der Waals surface area contributed by atoms with E-state index in [2.05, 4.69) is 21.6 Å². The number of amides is 1. The number of nitrogens with zero attached hydrogens (tertiary/aromatic N) is 2. The summed E-state index contributed by atoms with van der Waals surface area (Å²) in [7, 11) is -3.88. The van der Waals surface area contributed by atoms with Crippen LogP contribution in [0, 0.1) is 5.82 Å². The van der Waals surface area contributed by atoms with Gasteiger partial charge in [0.2, 0.25) is 10.0 Å². The molecule has 3 heterocycles. The molecule has 10 heteroatoms. The summed E-state index contributed by atoms with van der Waals surface area (Å²) in [5.41, 5.74) is 3.84. The maximum Gasteiger partial charge on any atom is 0.282 e. The van der Waals surface area contributed by atoms with Gasteiger partial charge >= 0.3 is 0 Å². The number of dihydropyridines is 1. The molecule has 0 saturated heterocycles. The standard InChI is InChI=1S/C30H26ClFN4O3S/c1-3-18-14-23-26(15-24(18)32)36(16-20-13-19-7-4-5-9-25(19)34-29(20)31)28(27(23)22-8-6-12-33-17(22)2)30(37)35-40(38,39)21-10-11-21/h4-9,12-15,21,33H,2-3,10-11,16H2,1H3,(H,35,37). The van der Waals surface area contributed by atoms with E-state index in [1.165, 1.54) is 6.07 Å². The summed E-state index contributed by atoms with van der Waals surface area (Å²) in [6.07, 6.45) is 6.70. The summed E-state index contributed by atoms with van der Waals surface area (Å²) in [5, 5.41) is 4.13. The van der Waals surface area contributed by atoms with Crippen LogP contribution >= 0.6 is 11.6 Å². The molecule has 1 amide bonds. The summed E-state index contributed by atoms with van der Waals surface area (Å²) in [5.74, 6) is -1.22. The van der Waals surface area contributed by atoms with Crippen molar-refractivity contribution in [3.05, 3.63) is 106 Å². The van der Waals surface area contributed by atoms with E-state index in [9.17, 15) is 13.2 Å². The van der Waals surface area contributed by atoms with Crippen LogP contribution in [0.1, 0.15) is 46.9 Å². The van der Waals surface area contributed by atoms with Crippen molar-refractivity contribution in [2.45, 2.75) is 38.0 Å². The second-order valence-electron chi connectivity index (χ2n) is 9.99. The quantitative estimate of drug-likeness (QED) is 0.270. The topological polar surface area (TPSA) is 93.1 Å². The summed E-state index contributed by atoms with van der Waals surface area (Å²) in [6.45, 7) is 6.00. The van der Waals surface area contributed by atoms with E-state index >= 15 is 4.39 Å². The molecule has 1 saturated carbocycles. The van der Waals surface area contributed by atoms with Gasteiger partial charge in [-0.2, -0.15) is 0 Å². The number of para-hydroxylation sites is 1. The zero-order chi connectivity index (χ0) is 28.2. The van der Waals surface area contributed by atoms with Gasteiger partial charge in [-0.1, -0.05) is 49.4 Å². The normalized spacial score (nSPS) is 15.4. The van der Waals surface area contributed by atoms with Gasteiger partial charge in [0.15, 0.2) is 0 Å². The summed E-state index contributed by atoms with van der Waals surface area (Å²) < 4.78 is 44.9. The van der Waals surface area contributed by atoms with Gasteiger partial charge in [0.05, 0.1) is 22.8 Å². The fraction of sp³-hybridized carbons (Fsp3) is 0.200. The molecule has 2 N–H and O–H groups in total. The van der Waals surface area contributed by atoms with Gasteiger partial charge < -0.3 is 9.88 Å². The highest BCUT2D eigenvalue weighted by Gasteiger charge is 2.38. The third-order valence-electron chi connectivity index (χ3n) is 7.32. The molecule has 40 heavy (non-hydrogen) atoms. The van der Waals surface area contributed by atoms with Gasteiger partial charge in [0.25, 0.3) is 5.91 Å². The van der Waals surface area contributed by atoms with Crippen LogP contribution in [0.4, 0.5) is 4.39 Å². The monoisotopic (exact) mass is 576 g/mol. The van der Waals surface area contributed by atoms with E-state index in [1.54, 1.807) is 29.0 Å². The zero-order valence-electron chi connectivity index (χ0n) is 21.7. The average molecular weight is 577 g/mol. The number of carbonyl (C=O) groups is 1. The molecule has 1 aliphatic carbocycles. The van der Waals surface area contributed by atoms with E-state index in [1.807, 2.05) is 37.3 Å². The number of aromatic nitrogens is 2. The number of hydrogen-bond acceptors (Lipinski definition) is 5. The Kier molecular flexibility index (Phi) is 6.51. The second-order valence-corrected chi connectivity index (χ2v) is 12.3. The van der Waals surface area contributed by atoms with E-state index in [-0.39, 0.29) is 17.4 Å². The van der Waals surface area contributed by atoms with Crippen molar-refractivity contribution >= 4 is 54.9 Å².